The van der Waals surface area contributed by atoms with Crippen LogP contribution in [0.4, 0.5) is 0 Å². The molecule has 0 radical (unpaired) electrons. The average molecular weight is 284 g/mol. The highest BCUT2D eigenvalue weighted by Gasteiger charge is 2.27. The van der Waals surface area contributed by atoms with Crippen molar-refractivity contribution < 1.29 is 8.42 Å². The van der Waals surface area contributed by atoms with Crippen LogP contribution in [0, 0.1) is 0 Å². The van der Waals surface area contributed by atoms with Gasteiger partial charge < -0.3 is 10.6 Å². The molecule has 0 amide bonds. The largest absolute Gasteiger partial charge is 0.359 e. The van der Waals surface area contributed by atoms with Crippen molar-refractivity contribution >= 4 is 27.2 Å². The second kappa shape index (κ2) is 5.67. The van der Waals surface area contributed by atoms with Gasteiger partial charge in [0.2, 0.25) is 0 Å². The van der Waals surface area contributed by atoms with Gasteiger partial charge in [0.05, 0.1) is 11.5 Å². The number of nitrogens with one attached hydrogen (secondary N) is 2. The lowest BCUT2D eigenvalue weighted by Crippen LogP contribution is -2.42. The molecule has 1 fully saturated rings. The Balaban J connectivity index is 1.76. The van der Waals surface area contributed by atoms with E-state index in [9.17, 15) is 8.42 Å². The quantitative estimate of drug-likeness (QED) is 0.806. The molecule has 1 aliphatic heterocycles. The first kappa shape index (κ1) is 13.3. The van der Waals surface area contributed by atoms with Crippen LogP contribution >= 0.6 is 12.2 Å². The van der Waals surface area contributed by atoms with E-state index in [0.717, 1.165) is 5.56 Å². The van der Waals surface area contributed by atoms with E-state index in [1.807, 2.05) is 30.3 Å². The summed E-state index contributed by atoms with van der Waals surface area (Å²) >= 11 is 5.15. The highest BCUT2D eigenvalue weighted by atomic mass is 32.2. The Morgan fingerprint density at radius 1 is 1.33 bits per heavy atom. The molecule has 0 saturated carbocycles. The molecular weight excluding hydrogens is 268 g/mol. The molecule has 0 bridgehead atoms. The van der Waals surface area contributed by atoms with Crippen LogP contribution in [-0.2, 0) is 16.4 Å². The fourth-order valence-electron chi connectivity index (χ4n) is 1.92. The molecule has 2 rings (SSSR count). The Morgan fingerprint density at radius 3 is 2.67 bits per heavy atom. The topological polar surface area (TPSA) is 58.2 Å². The second-order valence-corrected chi connectivity index (χ2v) is 7.05. The van der Waals surface area contributed by atoms with Gasteiger partial charge in [-0.25, -0.2) is 8.42 Å². The smallest absolute Gasteiger partial charge is 0.166 e. The van der Waals surface area contributed by atoms with E-state index in [1.165, 1.54) is 0 Å². The molecule has 1 saturated heterocycles. The van der Waals surface area contributed by atoms with Gasteiger partial charge in [-0.2, -0.15) is 0 Å². The molecule has 2 N–H and O–H groups in total. The van der Waals surface area contributed by atoms with E-state index < -0.39 is 9.84 Å². The average Bonchev–Trinajstić information content (AvgIpc) is 2.67. The predicted octanol–water partition coefficient (Wildman–Crippen LogP) is 0.838. The lowest BCUT2D eigenvalue weighted by atomic mass is 10.2. The third kappa shape index (κ3) is 3.96. The summed E-state index contributed by atoms with van der Waals surface area (Å²) in [6.07, 6.45) is 0.634. The molecule has 1 atom stereocenters. The monoisotopic (exact) mass is 284 g/mol. The minimum Gasteiger partial charge on any atom is -0.359 e. The minimum absolute atomic E-state index is 0.0502. The summed E-state index contributed by atoms with van der Waals surface area (Å²) in [7, 11) is -2.86. The van der Waals surface area contributed by atoms with Crippen LogP contribution in [0.5, 0.6) is 0 Å². The molecule has 1 aromatic carbocycles. The normalized spacial score (nSPS) is 21.4. The van der Waals surface area contributed by atoms with E-state index >= 15 is 0 Å². The maximum atomic E-state index is 11.3. The van der Waals surface area contributed by atoms with Gasteiger partial charge in [-0.3, -0.25) is 0 Å². The number of hydrogen-bond acceptors (Lipinski definition) is 3. The van der Waals surface area contributed by atoms with Crippen LogP contribution in [0.1, 0.15) is 12.0 Å². The van der Waals surface area contributed by atoms with Crippen LogP contribution in [0.3, 0.4) is 0 Å². The summed E-state index contributed by atoms with van der Waals surface area (Å²) in [6, 6.07) is 9.87. The summed E-state index contributed by atoms with van der Waals surface area (Å²) in [4.78, 5) is 0. The van der Waals surface area contributed by atoms with Gasteiger partial charge in [0.25, 0.3) is 0 Å². The summed E-state index contributed by atoms with van der Waals surface area (Å²) in [6.45, 7) is 0.645. The van der Waals surface area contributed by atoms with Crippen LogP contribution in [-0.4, -0.2) is 31.1 Å². The SMILES string of the molecule is O=S1(=O)CCC(NC(=S)NCc2ccccc2)C1. The molecule has 4 nitrogen and oxygen atoms in total. The van der Waals surface area contributed by atoms with Crippen LogP contribution in [0.15, 0.2) is 30.3 Å². The van der Waals surface area contributed by atoms with E-state index in [2.05, 4.69) is 10.6 Å². The first-order valence-electron chi connectivity index (χ1n) is 5.84. The maximum Gasteiger partial charge on any atom is 0.166 e. The second-order valence-electron chi connectivity index (χ2n) is 4.41. The highest BCUT2D eigenvalue weighted by Crippen LogP contribution is 2.10. The Kier molecular flexibility index (Phi) is 4.19. The Bertz CT molecular complexity index is 514. The standard InChI is InChI=1S/C12H16N2O2S2/c15-18(16)7-6-11(9-18)14-12(17)13-8-10-4-2-1-3-5-10/h1-5,11H,6-9H2,(H2,13,14,17). The molecule has 0 spiro atoms. The van der Waals surface area contributed by atoms with Gasteiger partial charge in [0.15, 0.2) is 14.9 Å². The Morgan fingerprint density at radius 2 is 2.06 bits per heavy atom. The summed E-state index contributed by atoms with van der Waals surface area (Å²) < 4.78 is 22.6. The number of benzene rings is 1. The van der Waals surface area contributed by atoms with Gasteiger partial charge >= 0.3 is 0 Å². The van der Waals surface area contributed by atoms with Gasteiger partial charge in [-0.1, -0.05) is 30.3 Å². The molecule has 98 valence electrons. The van der Waals surface area contributed by atoms with Gasteiger partial charge in [-0.15, -0.1) is 0 Å². The van der Waals surface area contributed by atoms with Crippen molar-refractivity contribution in [3.05, 3.63) is 35.9 Å². The molecule has 1 aromatic rings. The van der Waals surface area contributed by atoms with Crippen LogP contribution in [0.25, 0.3) is 0 Å². The zero-order valence-corrected chi connectivity index (χ0v) is 11.6. The minimum atomic E-state index is -2.86. The number of sulfone groups is 1. The van der Waals surface area contributed by atoms with Crippen molar-refractivity contribution in [3.8, 4) is 0 Å². The van der Waals surface area contributed by atoms with Crippen molar-refractivity contribution in [1.82, 2.24) is 10.6 Å². The van der Waals surface area contributed by atoms with Gasteiger partial charge in [0, 0.05) is 12.6 Å². The molecule has 1 heterocycles. The Labute approximate surface area is 113 Å². The van der Waals surface area contributed by atoms with E-state index in [0.29, 0.717) is 18.1 Å². The fraction of sp³-hybridized carbons (Fsp3) is 0.417. The molecule has 18 heavy (non-hydrogen) atoms. The van der Waals surface area contributed by atoms with E-state index in [-0.39, 0.29) is 17.5 Å². The third-order valence-electron chi connectivity index (χ3n) is 2.86. The van der Waals surface area contributed by atoms with Crippen molar-refractivity contribution in [2.75, 3.05) is 11.5 Å². The number of hydrogen-bond donors (Lipinski definition) is 2. The van der Waals surface area contributed by atoms with E-state index in [4.69, 9.17) is 12.2 Å². The molecular formula is C12H16N2O2S2. The van der Waals surface area contributed by atoms with Crippen molar-refractivity contribution in [3.63, 3.8) is 0 Å². The van der Waals surface area contributed by atoms with Crippen LogP contribution < -0.4 is 10.6 Å². The van der Waals surface area contributed by atoms with Crippen LogP contribution in [0.2, 0.25) is 0 Å². The maximum absolute atomic E-state index is 11.3. The van der Waals surface area contributed by atoms with Gasteiger partial charge in [0.1, 0.15) is 0 Å². The zero-order valence-electron chi connectivity index (χ0n) is 9.93. The van der Waals surface area contributed by atoms with Crippen molar-refractivity contribution in [1.29, 1.82) is 0 Å². The lowest BCUT2D eigenvalue weighted by Gasteiger charge is -2.14. The highest BCUT2D eigenvalue weighted by molar-refractivity contribution is 7.91. The predicted molar refractivity (Wildman–Crippen MR) is 76.1 cm³/mol. The molecule has 0 aromatic heterocycles. The third-order valence-corrected chi connectivity index (χ3v) is 4.89. The summed E-state index contributed by atoms with van der Waals surface area (Å²) in [5.41, 5.74) is 1.14. The molecule has 1 aliphatic rings. The summed E-state index contributed by atoms with van der Waals surface area (Å²) in [5, 5.41) is 6.64. The first-order chi connectivity index (χ1) is 8.55. The van der Waals surface area contributed by atoms with Crippen molar-refractivity contribution in [2.24, 2.45) is 0 Å². The molecule has 1 unspecified atom stereocenters. The summed E-state index contributed by atoms with van der Waals surface area (Å²) in [5.74, 6) is 0.437. The Hall–Kier alpha value is -1.14. The molecule has 0 aliphatic carbocycles. The molecule has 6 heteroatoms. The van der Waals surface area contributed by atoms with Gasteiger partial charge in [-0.05, 0) is 24.2 Å². The zero-order chi connectivity index (χ0) is 13.0. The van der Waals surface area contributed by atoms with Crippen molar-refractivity contribution in [2.45, 2.75) is 19.0 Å². The first-order valence-corrected chi connectivity index (χ1v) is 8.07. The van der Waals surface area contributed by atoms with E-state index in [1.54, 1.807) is 0 Å². The number of rotatable bonds is 3. The number of thiocarbonyl (C=S) groups is 1. The fourth-order valence-corrected chi connectivity index (χ4v) is 3.84. The lowest BCUT2D eigenvalue weighted by molar-refractivity contribution is 0.600.